The predicted molar refractivity (Wildman–Crippen MR) is 122 cm³/mol. The van der Waals surface area contributed by atoms with E-state index in [-0.39, 0.29) is 17.0 Å². The second-order valence-electron chi connectivity index (χ2n) is 7.23. The molecule has 154 valence electrons. The Morgan fingerprint density at radius 2 is 1.84 bits per heavy atom. The van der Waals surface area contributed by atoms with Crippen LogP contribution in [0.5, 0.6) is 0 Å². The molecular weight excluding hydrogens is 400 g/mol. The van der Waals surface area contributed by atoms with Crippen LogP contribution in [0, 0.1) is 36.5 Å². The van der Waals surface area contributed by atoms with Crippen molar-refractivity contribution in [1.29, 1.82) is 10.5 Å². The Bertz CT molecular complexity index is 1450. The number of nitriles is 2. The Hall–Kier alpha value is -4.75. The van der Waals surface area contributed by atoms with Gasteiger partial charge in [0.1, 0.15) is 23.3 Å². The monoisotopic (exact) mass is 418 g/mol. The predicted octanol–water partition coefficient (Wildman–Crippen LogP) is 4.45. The van der Waals surface area contributed by atoms with Gasteiger partial charge in [-0.1, -0.05) is 48.5 Å². The lowest BCUT2D eigenvalue weighted by Crippen LogP contribution is -2.17. The highest BCUT2D eigenvalue weighted by atomic mass is 16.1. The number of hydrogen-bond donors (Lipinski definition) is 1. The van der Waals surface area contributed by atoms with Crippen molar-refractivity contribution >= 4 is 28.7 Å². The lowest BCUT2D eigenvalue weighted by atomic mass is 10.1. The molecule has 7 nitrogen and oxygen atoms in total. The van der Waals surface area contributed by atoms with Crippen molar-refractivity contribution in [3.8, 4) is 18.0 Å². The van der Waals surface area contributed by atoms with E-state index in [2.05, 4.69) is 10.4 Å². The summed E-state index contributed by atoms with van der Waals surface area (Å²) in [6.07, 6.45) is 2.85. The first-order valence-corrected chi connectivity index (χ1v) is 9.85. The summed E-state index contributed by atoms with van der Waals surface area (Å²) >= 11 is 0. The van der Waals surface area contributed by atoms with E-state index in [1.807, 2.05) is 68.5 Å². The SMILES string of the molecule is Cc1cc(-n2ncc(C#N)c2NC(=O)/C(C#N)=C/c2ccccc2)nc2c(C)cccc12. The Labute approximate surface area is 184 Å². The van der Waals surface area contributed by atoms with Gasteiger partial charge < -0.3 is 5.32 Å². The standard InChI is InChI=1S/C25H18N6O/c1-16-7-6-10-21-17(2)11-22(29-23(16)21)31-24(20(14-27)15-28-31)30-25(32)19(13-26)12-18-8-4-3-5-9-18/h3-12,15H,1-2H3,(H,30,32)/b19-12+. The fourth-order valence-electron chi connectivity index (χ4n) is 3.42. The molecule has 0 saturated heterocycles. The number of para-hydroxylation sites is 1. The number of nitrogens with zero attached hydrogens (tertiary/aromatic N) is 5. The number of carbonyl (C=O) groups is 1. The second kappa shape index (κ2) is 8.55. The minimum absolute atomic E-state index is 0.0914. The Morgan fingerprint density at radius 3 is 2.56 bits per heavy atom. The molecule has 2 aromatic heterocycles. The number of aromatic nitrogens is 3. The highest BCUT2D eigenvalue weighted by Gasteiger charge is 2.19. The summed E-state index contributed by atoms with van der Waals surface area (Å²) in [5.41, 5.74) is 3.60. The number of aryl methyl sites for hydroxylation is 2. The van der Waals surface area contributed by atoms with E-state index in [1.165, 1.54) is 17.0 Å². The average molecular weight is 418 g/mol. The Kier molecular flexibility index (Phi) is 5.48. The number of nitrogens with one attached hydrogen (secondary N) is 1. The van der Waals surface area contributed by atoms with Gasteiger partial charge in [-0.25, -0.2) is 4.98 Å². The van der Waals surface area contributed by atoms with Crippen LogP contribution in [0.2, 0.25) is 0 Å². The van der Waals surface area contributed by atoms with Gasteiger partial charge in [0.2, 0.25) is 0 Å². The van der Waals surface area contributed by atoms with Crippen molar-refractivity contribution < 1.29 is 4.79 Å². The van der Waals surface area contributed by atoms with Gasteiger partial charge in [-0.3, -0.25) is 4.79 Å². The molecular formula is C25H18N6O. The zero-order valence-electron chi connectivity index (χ0n) is 17.5. The summed E-state index contributed by atoms with van der Waals surface area (Å²) in [6, 6.07) is 20.8. The quantitative estimate of drug-likeness (QED) is 0.389. The van der Waals surface area contributed by atoms with Gasteiger partial charge in [-0.05, 0) is 42.7 Å². The molecule has 0 radical (unpaired) electrons. The van der Waals surface area contributed by atoms with Crippen molar-refractivity contribution in [3.63, 3.8) is 0 Å². The van der Waals surface area contributed by atoms with E-state index in [1.54, 1.807) is 12.1 Å². The number of carbonyl (C=O) groups excluding carboxylic acids is 1. The molecule has 0 spiro atoms. The van der Waals surface area contributed by atoms with Crippen molar-refractivity contribution in [3.05, 3.63) is 88.6 Å². The molecule has 1 amide bonds. The van der Waals surface area contributed by atoms with Crippen LogP contribution in [0.3, 0.4) is 0 Å². The molecule has 0 fully saturated rings. The van der Waals surface area contributed by atoms with Crippen LogP contribution in [0.4, 0.5) is 5.82 Å². The van der Waals surface area contributed by atoms with E-state index in [0.717, 1.165) is 27.6 Å². The van der Waals surface area contributed by atoms with Gasteiger partial charge >= 0.3 is 0 Å². The fourth-order valence-corrected chi connectivity index (χ4v) is 3.42. The molecule has 2 heterocycles. The minimum Gasteiger partial charge on any atom is -0.305 e. The molecule has 2 aromatic carbocycles. The van der Waals surface area contributed by atoms with E-state index < -0.39 is 5.91 Å². The highest BCUT2D eigenvalue weighted by Crippen LogP contribution is 2.25. The number of amides is 1. The molecule has 7 heteroatoms. The largest absolute Gasteiger partial charge is 0.305 e. The molecule has 0 aliphatic rings. The van der Waals surface area contributed by atoms with Gasteiger partial charge in [0.25, 0.3) is 5.91 Å². The lowest BCUT2D eigenvalue weighted by molar-refractivity contribution is -0.112. The molecule has 4 rings (SSSR count). The van der Waals surface area contributed by atoms with E-state index in [4.69, 9.17) is 4.98 Å². The lowest BCUT2D eigenvalue weighted by Gasteiger charge is -2.12. The molecule has 1 N–H and O–H groups in total. The van der Waals surface area contributed by atoms with Crippen LogP contribution >= 0.6 is 0 Å². The molecule has 0 unspecified atom stereocenters. The van der Waals surface area contributed by atoms with Crippen LogP contribution in [-0.4, -0.2) is 20.7 Å². The summed E-state index contributed by atoms with van der Waals surface area (Å²) in [6.45, 7) is 3.94. The molecule has 0 aliphatic heterocycles. The Morgan fingerprint density at radius 1 is 1.06 bits per heavy atom. The molecule has 0 atom stereocenters. The summed E-state index contributed by atoms with van der Waals surface area (Å²) in [5.74, 6) is -0.0125. The van der Waals surface area contributed by atoms with Crippen LogP contribution < -0.4 is 5.32 Å². The zero-order chi connectivity index (χ0) is 22.7. The first-order valence-electron chi connectivity index (χ1n) is 9.85. The number of pyridine rings is 1. The number of anilines is 1. The van der Waals surface area contributed by atoms with Crippen LogP contribution in [0.1, 0.15) is 22.3 Å². The number of rotatable bonds is 4. The van der Waals surface area contributed by atoms with Crippen LogP contribution in [0.25, 0.3) is 22.8 Å². The van der Waals surface area contributed by atoms with E-state index in [0.29, 0.717) is 5.82 Å². The summed E-state index contributed by atoms with van der Waals surface area (Å²) < 4.78 is 1.41. The number of benzene rings is 2. The molecule has 32 heavy (non-hydrogen) atoms. The van der Waals surface area contributed by atoms with Gasteiger partial charge in [0.15, 0.2) is 11.6 Å². The first kappa shape index (κ1) is 20.5. The maximum atomic E-state index is 12.9. The first-order chi connectivity index (χ1) is 15.5. The van der Waals surface area contributed by atoms with Crippen molar-refractivity contribution in [2.75, 3.05) is 5.32 Å². The minimum atomic E-state index is -0.636. The highest BCUT2D eigenvalue weighted by molar-refractivity contribution is 6.09. The molecule has 0 saturated carbocycles. The number of fused-ring (bicyclic) bond motifs is 1. The summed E-state index contributed by atoms with van der Waals surface area (Å²) in [4.78, 5) is 17.6. The van der Waals surface area contributed by atoms with E-state index >= 15 is 0 Å². The van der Waals surface area contributed by atoms with Gasteiger partial charge in [-0.15, -0.1) is 0 Å². The third-order valence-corrected chi connectivity index (χ3v) is 5.05. The van der Waals surface area contributed by atoms with Gasteiger partial charge in [-0.2, -0.15) is 20.3 Å². The summed E-state index contributed by atoms with van der Waals surface area (Å²) in [5, 5.41) is 27.0. The zero-order valence-corrected chi connectivity index (χ0v) is 17.5. The van der Waals surface area contributed by atoms with Gasteiger partial charge in [0, 0.05) is 5.39 Å². The average Bonchev–Trinajstić information content (AvgIpc) is 3.21. The van der Waals surface area contributed by atoms with Crippen LogP contribution in [0.15, 0.2) is 66.4 Å². The van der Waals surface area contributed by atoms with Crippen molar-refractivity contribution in [1.82, 2.24) is 14.8 Å². The summed E-state index contributed by atoms with van der Waals surface area (Å²) in [7, 11) is 0. The Balaban J connectivity index is 1.77. The fraction of sp³-hybridized carbons (Fsp3) is 0.0800. The second-order valence-corrected chi connectivity index (χ2v) is 7.23. The van der Waals surface area contributed by atoms with Crippen molar-refractivity contribution in [2.45, 2.75) is 13.8 Å². The third-order valence-electron chi connectivity index (χ3n) is 5.05. The van der Waals surface area contributed by atoms with Gasteiger partial charge in [0.05, 0.1) is 11.7 Å². The molecule has 4 aromatic rings. The normalized spacial score (nSPS) is 11.1. The third kappa shape index (κ3) is 3.83. The maximum absolute atomic E-state index is 12.9. The topological polar surface area (TPSA) is 107 Å². The van der Waals surface area contributed by atoms with Crippen LogP contribution in [-0.2, 0) is 4.79 Å². The number of hydrogen-bond acceptors (Lipinski definition) is 5. The van der Waals surface area contributed by atoms with Crippen molar-refractivity contribution in [2.24, 2.45) is 0 Å². The molecule has 0 bridgehead atoms. The van der Waals surface area contributed by atoms with E-state index in [9.17, 15) is 15.3 Å². The smallest absolute Gasteiger partial charge is 0.267 e. The molecule has 0 aliphatic carbocycles. The maximum Gasteiger partial charge on any atom is 0.267 e.